The van der Waals surface area contributed by atoms with Gasteiger partial charge in [-0.2, -0.15) is 0 Å². The molecular weight excluding hydrogens is 276 g/mol. The fourth-order valence-electron chi connectivity index (χ4n) is 2.25. The first-order valence-corrected chi connectivity index (χ1v) is 7.52. The van der Waals surface area contributed by atoms with Gasteiger partial charge in [-0.15, -0.1) is 0 Å². The second kappa shape index (κ2) is 6.52. The van der Waals surface area contributed by atoms with Crippen molar-refractivity contribution in [3.63, 3.8) is 0 Å². The van der Waals surface area contributed by atoms with E-state index in [1.54, 1.807) is 7.11 Å². The van der Waals surface area contributed by atoms with Crippen LogP contribution >= 0.6 is 0 Å². The summed E-state index contributed by atoms with van der Waals surface area (Å²) in [7, 11) is 1.63. The monoisotopic (exact) mass is 296 g/mol. The molecule has 0 heterocycles. The normalized spacial score (nSPS) is 13.5. The van der Waals surface area contributed by atoms with Gasteiger partial charge in [0.25, 0.3) is 0 Å². The van der Waals surface area contributed by atoms with Crippen LogP contribution in [0.25, 0.3) is 0 Å². The van der Waals surface area contributed by atoms with E-state index in [4.69, 9.17) is 4.74 Å². The Morgan fingerprint density at radius 1 is 1.05 bits per heavy atom. The van der Waals surface area contributed by atoms with Crippen LogP contribution in [0.2, 0.25) is 0 Å². The minimum absolute atomic E-state index is 0.0203. The average molecular weight is 296 g/mol. The Morgan fingerprint density at radius 2 is 1.68 bits per heavy atom. The zero-order chi connectivity index (χ0) is 15.4. The lowest BCUT2D eigenvalue weighted by molar-refractivity contribution is -0.115. The van der Waals surface area contributed by atoms with E-state index in [-0.39, 0.29) is 5.91 Å². The Labute approximate surface area is 130 Å². The summed E-state index contributed by atoms with van der Waals surface area (Å²) in [6.07, 6.45) is 2.85. The molecule has 4 heteroatoms. The van der Waals surface area contributed by atoms with Crippen LogP contribution in [0, 0.1) is 0 Å². The predicted molar refractivity (Wildman–Crippen MR) is 88.4 cm³/mol. The van der Waals surface area contributed by atoms with Crippen molar-refractivity contribution in [3.8, 4) is 5.75 Å². The van der Waals surface area contributed by atoms with Crippen molar-refractivity contribution in [2.45, 2.75) is 25.3 Å². The van der Waals surface area contributed by atoms with Gasteiger partial charge in [0, 0.05) is 17.4 Å². The number of ether oxygens (including phenoxy) is 1. The lowest BCUT2D eigenvalue weighted by atomic mass is 10.1. The maximum atomic E-state index is 12.1. The van der Waals surface area contributed by atoms with E-state index in [0.29, 0.717) is 12.5 Å². The smallest absolute Gasteiger partial charge is 0.228 e. The highest BCUT2D eigenvalue weighted by Gasteiger charge is 2.20. The molecular formula is C18H20N2O2. The van der Waals surface area contributed by atoms with Crippen LogP contribution in [-0.2, 0) is 11.2 Å². The van der Waals surface area contributed by atoms with Gasteiger partial charge in [-0.1, -0.05) is 12.1 Å². The highest BCUT2D eigenvalue weighted by atomic mass is 16.5. The first-order valence-electron chi connectivity index (χ1n) is 7.52. The topological polar surface area (TPSA) is 50.4 Å². The van der Waals surface area contributed by atoms with Gasteiger partial charge >= 0.3 is 0 Å². The maximum Gasteiger partial charge on any atom is 0.228 e. The van der Waals surface area contributed by atoms with Gasteiger partial charge in [0.1, 0.15) is 5.75 Å². The quantitative estimate of drug-likeness (QED) is 0.858. The number of anilines is 2. The lowest BCUT2D eigenvalue weighted by Crippen LogP contribution is -2.14. The highest BCUT2D eigenvalue weighted by Crippen LogP contribution is 2.25. The minimum Gasteiger partial charge on any atom is -0.497 e. The van der Waals surface area contributed by atoms with Crippen LogP contribution in [-0.4, -0.2) is 19.1 Å². The molecule has 1 aliphatic rings. The van der Waals surface area contributed by atoms with Gasteiger partial charge in [-0.3, -0.25) is 4.79 Å². The van der Waals surface area contributed by atoms with Crippen LogP contribution < -0.4 is 15.4 Å². The zero-order valence-electron chi connectivity index (χ0n) is 12.6. The van der Waals surface area contributed by atoms with Crippen molar-refractivity contribution in [3.05, 3.63) is 54.1 Å². The zero-order valence-corrected chi connectivity index (χ0v) is 12.6. The summed E-state index contributed by atoms with van der Waals surface area (Å²) >= 11 is 0. The number of amides is 1. The van der Waals surface area contributed by atoms with E-state index in [0.717, 1.165) is 22.7 Å². The molecule has 0 aliphatic heterocycles. The molecule has 0 unspecified atom stereocenters. The first-order chi connectivity index (χ1) is 10.7. The number of rotatable bonds is 6. The molecule has 0 aromatic heterocycles. The summed E-state index contributed by atoms with van der Waals surface area (Å²) in [6.45, 7) is 0. The summed E-state index contributed by atoms with van der Waals surface area (Å²) in [5.74, 6) is 0.774. The summed E-state index contributed by atoms with van der Waals surface area (Å²) in [5, 5.41) is 6.34. The van der Waals surface area contributed by atoms with Crippen LogP contribution in [0.4, 0.5) is 11.4 Å². The van der Waals surface area contributed by atoms with Crippen molar-refractivity contribution in [2.24, 2.45) is 0 Å². The number of carbonyl (C=O) groups excluding carboxylic acids is 1. The van der Waals surface area contributed by atoms with E-state index in [2.05, 4.69) is 10.6 Å². The van der Waals surface area contributed by atoms with Crippen LogP contribution in [0.15, 0.2) is 48.5 Å². The van der Waals surface area contributed by atoms with Crippen LogP contribution in [0.3, 0.4) is 0 Å². The molecule has 114 valence electrons. The van der Waals surface area contributed by atoms with E-state index in [9.17, 15) is 4.79 Å². The molecule has 1 amide bonds. The Kier molecular flexibility index (Phi) is 4.28. The summed E-state index contributed by atoms with van der Waals surface area (Å²) in [6, 6.07) is 16.0. The number of hydrogen-bond acceptors (Lipinski definition) is 3. The van der Waals surface area contributed by atoms with Gasteiger partial charge in [0.05, 0.1) is 13.5 Å². The maximum absolute atomic E-state index is 12.1. The average Bonchev–Trinajstić information content (AvgIpc) is 3.34. The third kappa shape index (κ3) is 4.01. The van der Waals surface area contributed by atoms with Crippen molar-refractivity contribution in [2.75, 3.05) is 17.7 Å². The second-order valence-corrected chi connectivity index (χ2v) is 5.57. The largest absolute Gasteiger partial charge is 0.497 e. The van der Waals surface area contributed by atoms with Crippen LogP contribution in [0.1, 0.15) is 18.4 Å². The molecule has 4 nitrogen and oxygen atoms in total. The summed E-state index contributed by atoms with van der Waals surface area (Å²) < 4.78 is 5.11. The molecule has 0 saturated heterocycles. The Balaban J connectivity index is 1.53. The van der Waals surface area contributed by atoms with E-state index >= 15 is 0 Å². The standard InChI is InChI=1S/C18H20N2O2/c1-22-17-10-2-13(3-11-17)12-18(21)20-16-8-6-15(7-9-16)19-14-4-5-14/h2-3,6-11,14,19H,4-5,12H2,1H3,(H,20,21). The van der Waals surface area contributed by atoms with E-state index < -0.39 is 0 Å². The van der Waals surface area contributed by atoms with Gasteiger partial charge in [-0.25, -0.2) is 0 Å². The molecule has 0 atom stereocenters. The molecule has 1 saturated carbocycles. The molecule has 22 heavy (non-hydrogen) atoms. The number of nitrogens with one attached hydrogen (secondary N) is 2. The lowest BCUT2D eigenvalue weighted by Gasteiger charge is -2.08. The van der Waals surface area contributed by atoms with Crippen molar-refractivity contribution in [1.82, 2.24) is 0 Å². The summed E-state index contributed by atoms with van der Waals surface area (Å²) in [4.78, 5) is 12.1. The molecule has 0 radical (unpaired) electrons. The molecule has 2 aromatic rings. The second-order valence-electron chi connectivity index (χ2n) is 5.57. The first kappa shape index (κ1) is 14.4. The molecule has 3 rings (SSSR count). The molecule has 0 bridgehead atoms. The van der Waals surface area contributed by atoms with Gasteiger partial charge < -0.3 is 15.4 Å². The van der Waals surface area contributed by atoms with E-state index in [1.807, 2.05) is 48.5 Å². The third-order valence-electron chi connectivity index (χ3n) is 3.64. The van der Waals surface area contributed by atoms with Crippen LogP contribution in [0.5, 0.6) is 5.75 Å². The number of benzene rings is 2. The molecule has 2 N–H and O–H groups in total. The Morgan fingerprint density at radius 3 is 2.27 bits per heavy atom. The number of methoxy groups -OCH3 is 1. The Bertz CT molecular complexity index is 631. The fraction of sp³-hybridized carbons (Fsp3) is 0.278. The van der Waals surface area contributed by atoms with Gasteiger partial charge in [0.2, 0.25) is 5.91 Å². The molecule has 1 fully saturated rings. The highest BCUT2D eigenvalue weighted by molar-refractivity contribution is 5.92. The van der Waals surface area contributed by atoms with Crippen molar-refractivity contribution < 1.29 is 9.53 Å². The Hall–Kier alpha value is -2.49. The van der Waals surface area contributed by atoms with Gasteiger partial charge in [0.15, 0.2) is 0 Å². The van der Waals surface area contributed by atoms with Gasteiger partial charge in [-0.05, 0) is 54.8 Å². The van der Waals surface area contributed by atoms with E-state index in [1.165, 1.54) is 12.8 Å². The molecule has 1 aliphatic carbocycles. The predicted octanol–water partition coefficient (Wildman–Crippen LogP) is 3.45. The van der Waals surface area contributed by atoms with Crippen molar-refractivity contribution in [1.29, 1.82) is 0 Å². The third-order valence-corrected chi connectivity index (χ3v) is 3.64. The minimum atomic E-state index is -0.0203. The number of carbonyl (C=O) groups is 1. The molecule has 2 aromatic carbocycles. The van der Waals surface area contributed by atoms with Crippen molar-refractivity contribution >= 4 is 17.3 Å². The fourth-order valence-corrected chi connectivity index (χ4v) is 2.25. The summed E-state index contributed by atoms with van der Waals surface area (Å²) in [5.41, 5.74) is 2.89. The SMILES string of the molecule is COc1ccc(CC(=O)Nc2ccc(NC3CC3)cc2)cc1. The molecule has 0 spiro atoms. The number of hydrogen-bond donors (Lipinski definition) is 2.